The van der Waals surface area contributed by atoms with Crippen LogP contribution < -0.4 is 5.32 Å². The summed E-state index contributed by atoms with van der Waals surface area (Å²) in [4.78, 5) is 14.9. The summed E-state index contributed by atoms with van der Waals surface area (Å²) in [5.74, 6) is 1.58. The molecule has 0 bridgehead atoms. The molecule has 2 fully saturated rings. The lowest BCUT2D eigenvalue weighted by Crippen LogP contribution is -2.47. The molecule has 2 unspecified atom stereocenters. The number of likely N-dealkylation sites (tertiary alicyclic amines) is 1. The lowest BCUT2D eigenvalue weighted by atomic mass is 9.75. The van der Waals surface area contributed by atoms with Gasteiger partial charge in [0.1, 0.15) is 0 Å². The maximum absolute atomic E-state index is 12.8. The van der Waals surface area contributed by atoms with E-state index in [0.717, 1.165) is 38.5 Å². The molecule has 2 heterocycles. The van der Waals surface area contributed by atoms with E-state index in [1.807, 2.05) is 0 Å². The number of rotatable bonds is 3. The number of amides is 1. The van der Waals surface area contributed by atoms with Crippen LogP contribution in [0.15, 0.2) is 0 Å². The van der Waals surface area contributed by atoms with E-state index in [1.54, 1.807) is 0 Å². The minimum Gasteiger partial charge on any atom is -0.342 e. The second-order valence-electron chi connectivity index (χ2n) is 6.05. The third-order valence-electron chi connectivity index (χ3n) is 4.87. The SMILES string of the molecule is CCC1CCN(C(=O)C2(C(C)C)CCNC2)C1. The highest BCUT2D eigenvalue weighted by Crippen LogP contribution is 2.37. The first-order valence-corrected chi connectivity index (χ1v) is 7.10. The Kier molecular flexibility index (Phi) is 3.76. The molecule has 0 aliphatic carbocycles. The van der Waals surface area contributed by atoms with Gasteiger partial charge in [0.05, 0.1) is 5.41 Å². The van der Waals surface area contributed by atoms with E-state index in [-0.39, 0.29) is 5.41 Å². The number of carbonyl (C=O) groups excluding carboxylic acids is 1. The van der Waals surface area contributed by atoms with E-state index in [0.29, 0.717) is 11.8 Å². The summed E-state index contributed by atoms with van der Waals surface area (Å²) in [6.07, 6.45) is 3.41. The van der Waals surface area contributed by atoms with Gasteiger partial charge in [0, 0.05) is 19.6 Å². The van der Waals surface area contributed by atoms with Crippen LogP contribution in [0.25, 0.3) is 0 Å². The van der Waals surface area contributed by atoms with Gasteiger partial charge in [-0.05, 0) is 31.2 Å². The van der Waals surface area contributed by atoms with Gasteiger partial charge in [-0.15, -0.1) is 0 Å². The van der Waals surface area contributed by atoms with Crippen LogP contribution in [0.3, 0.4) is 0 Å². The van der Waals surface area contributed by atoms with Gasteiger partial charge in [0.15, 0.2) is 0 Å². The van der Waals surface area contributed by atoms with E-state index in [4.69, 9.17) is 0 Å². The molecule has 2 aliphatic heterocycles. The zero-order valence-corrected chi connectivity index (χ0v) is 11.5. The zero-order chi connectivity index (χ0) is 12.5. The van der Waals surface area contributed by atoms with Gasteiger partial charge in [-0.2, -0.15) is 0 Å². The molecule has 2 aliphatic rings. The van der Waals surface area contributed by atoms with Crippen molar-refractivity contribution in [1.29, 1.82) is 0 Å². The average molecular weight is 238 g/mol. The van der Waals surface area contributed by atoms with Gasteiger partial charge < -0.3 is 10.2 Å². The topological polar surface area (TPSA) is 32.3 Å². The summed E-state index contributed by atoms with van der Waals surface area (Å²) >= 11 is 0. The van der Waals surface area contributed by atoms with Gasteiger partial charge in [-0.25, -0.2) is 0 Å². The smallest absolute Gasteiger partial charge is 0.230 e. The molecule has 2 rings (SSSR count). The Morgan fingerprint density at radius 2 is 2.29 bits per heavy atom. The molecule has 2 saturated heterocycles. The Labute approximate surface area is 105 Å². The molecule has 2 atom stereocenters. The molecular formula is C14H26N2O. The molecule has 3 heteroatoms. The molecule has 1 amide bonds. The van der Waals surface area contributed by atoms with Crippen LogP contribution in [-0.4, -0.2) is 37.0 Å². The van der Waals surface area contributed by atoms with Gasteiger partial charge in [0.25, 0.3) is 0 Å². The predicted octanol–water partition coefficient (Wildman–Crippen LogP) is 1.88. The highest BCUT2D eigenvalue weighted by molar-refractivity contribution is 5.84. The van der Waals surface area contributed by atoms with E-state index >= 15 is 0 Å². The summed E-state index contributed by atoms with van der Waals surface area (Å²) in [5.41, 5.74) is -0.122. The second kappa shape index (κ2) is 4.97. The first-order valence-electron chi connectivity index (χ1n) is 7.10. The second-order valence-corrected chi connectivity index (χ2v) is 6.05. The Bertz CT molecular complexity index is 282. The molecule has 0 aromatic heterocycles. The fourth-order valence-electron chi connectivity index (χ4n) is 3.30. The summed E-state index contributed by atoms with van der Waals surface area (Å²) in [5, 5.41) is 3.38. The average Bonchev–Trinajstić information content (AvgIpc) is 2.98. The van der Waals surface area contributed by atoms with Crippen molar-refractivity contribution >= 4 is 5.91 Å². The van der Waals surface area contributed by atoms with Gasteiger partial charge in [-0.3, -0.25) is 4.79 Å². The van der Waals surface area contributed by atoms with Crippen molar-refractivity contribution < 1.29 is 4.79 Å². The van der Waals surface area contributed by atoms with E-state index in [9.17, 15) is 4.79 Å². The van der Waals surface area contributed by atoms with E-state index in [1.165, 1.54) is 12.8 Å². The van der Waals surface area contributed by atoms with Crippen molar-refractivity contribution in [3.8, 4) is 0 Å². The number of carbonyl (C=O) groups is 1. The van der Waals surface area contributed by atoms with Crippen molar-refractivity contribution in [3.05, 3.63) is 0 Å². The first-order chi connectivity index (χ1) is 8.10. The zero-order valence-electron chi connectivity index (χ0n) is 11.5. The monoisotopic (exact) mass is 238 g/mol. The minimum atomic E-state index is -0.122. The standard InChI is InChI=1S/C14H26N2O/c1-4-12-5-8-16(9-12)13(17)14(11(2)3)6-7-15-10-14/h11-12,15H,4-10H2,1-3H3. The van der Waals surface area contributed by atoms with Crippen LogP contribution in [0.4, 0.5) is 0 Å². The lowest BCUT2D eigenvalue weighted by Gasteiger charge is -2.35. The normalized spacial score (nSPS) is 33.6. The number of nitrogens with zero attached hydrogens (tertiary/aromatic N) is 1. The molecule has 17 heavy (non-hydrogen) atoms. The Hall–Kier alpha value is -0.570. The maximum atomic E-state index is 12.8. The maximum Gasteiger partial charge on any atom is 0.230 e. The fraction of sp³-hybridized carbons (Fsp3) is 0.929. The molecule has 98 valence electrons. The Balaban J connectivity index is 2.07. The summed E-state index contributed by atoms with van der Waals surface area (Å²) in [7, 11) is 0. The van der Waals surface area contributed by atoms with Crippen LogP contribution >= 0.6 is 0 Å². The van der Waals surface area contributed by atoms with Crippen molar-refractivity contribution in [2.24, 2.45) is 17.3 Å². The molecule has 0 aromatic rings. The first kappa shape index (κ1) is 12.9. The molecule has 0 aromatic carbocycles. The Morgan fingerprint density at radius 3 is 2.76 bits per heavy atom. The van der Waals surface area contributed by atoms with E-state index < -0.39 is 0 Å². The van der Waals surface area contributed by atoms with Crippen LogP contribution in [0, 0.1) is 17.3 Å². The molecular weight excluding hydrogens is 212 g/mol. The number of nitrogens with one attached hydrogen (secondary N) is 1. The van der Waals surface area contributed by atoms with Crippen LogP contribution in [0.5, 0.6) is 0 Å². The minimum absolute atomic E-state index is 0.122. The van der Waals surface area contributed by atoms with Crippen molar-refractivity contribution in [2.45, 2.75) is 40.0 Å². The lowest BCUT2D eigenvalue weighted by molar-refractivity contribution is -0.142. The summed E-state index contributed by atoms with van der Waals surface area (Å²) in [6, 6.07) is 0. The molecule has 1 N–H and O–H groups in total. The molecule has 0 radical (unpaired) electrons. The Morgan fingerprint density at radius 1 is 1.53 bits per heavy atom. The van der Waals surface area contributed by atoms with Gasteiger partial charge in [0.2, 0.25) is 5.91 Å². The number of hydrogen-bond donors (Lipinski definition) is 1. The number of hydrogen-bond acceptors (Lipinski definition) is 2. The van der Waals surface area contributed by atoms with Crippen molar-refractivity contribution in [3.63, 3.8) is 0 Å². The third kappa shape index (κ3) is 2.22. The molecule has 0 spiro atoms. The van der Waals surface area contributed by atoms with Gasteiger partial charge in [-0.1, -0.05) is 27.2 Å². The van der Waals surface area contributed by atoms with Crippen LogP contribution in [0.2, 0.25) is 0 Å². The fourth-order valence-corrected chi connectivity index (χ4v) is 3.30. The third-order valence-corrected chi connectivity index (χ3v) is 4.87. The predicted molar refractivity (Wildman–Crippen MR) is 69.7 cm³/mol. The van der Waals surface area contributed by atoms with Crippen LogP contribution in [-0.2, 0) is 4.79 Å². The summed E-state index contributed by atoms with van der Waals surface area (Å²) in [6.45, 7) is 10.5. The highest BCUT2D eigenvalue weighted by atomic mass is 16.2. The molecule has 3 nitrogen and oxygen atoms in total. The van der Waals surface area contributed by atoms with E-state index in [2.05, 4.69) is 31.0 Å². The largest absolute Gasteiger partial charge is 0.342 e. The van der Waals surface area contributed by atoms with Gasteiger partial charge >= 0.3 is 0 Å². The summed E-state index contributed by atoms with van der Waals surface area (Å²) < 4.78 is 0. The molecule has 0 saturated carbocycles. The van der Waals surface area contributed by atoms with Crippen molar-refractivity contribution in [1.82, 2.24) is 10.2 Å². The highest BCUT2D eigenvalue weighted by Gasteiger charge is 2.46. The van der Waals surface area contributed by atoms with Crippen LogP contribution in [0.1, 0.15) is 40.0 Å². The van der Waals surface area contributed by atoms with Crippen molar-refractivity contribution in [2.75, 3.05) is 26.2 Å². The quantitative estimate of drug-likeness (QED) is 0.814.